The standard InChI is InChI=1S/C16H35NO3/c1-3-16(4-2)14-12-10-8-6-5-7-9-11-13-15-17(18,19)20/h16,18-19H,3-15H2,1-2H3. The van der Waals surface area contributed by atoms with Gasteiger partial charge in [0.2, 0.25) is 0 Å². The zero-order valence-corrected chi connectivity index (χ0v) is 13.5. The van der Waals surface area contributed by atoms with Crippen molar-refractivity contribution in [2.24, 2.45) is 5.92 Å². The van der Waals surface area contributed by atoms with Gasteiger partial charge in [-0.15, -0.1) is 0 Å². The van der Waals surface area contributed by atoms with Crippen molar-refractivity contribution in [1.82, 2.24) is 0 Å². The Balaban J connectivity index is 3.14. The molecule has 0 aromatic heterocycles. The van der Waals surface area contributed by atoms with Crippen LogP contribution in [0.3, 0.4) is 0 Å². The Hall–Kier alpha value is -0.160. The summed E-state index contributed by atoms with van der Waals surface area (Å²) >= 11 is 0. The average Bonchev–Trinajstić information content (AvgIpc) is 2.39. The first-order chi connectivity index (χ1) is 9.49. The summed E-state index contributed by atoms with van der Waals surface area (Å²) in [5.41, 5.74) is 0. The Bertz CT molecular complexity index is 200. The Morgan fingerprint density at radius 1 is 0.750 bits per heavy atom. The number of hydrogen-bond acceptors (Lipinski definition) is 3. The molecule has 20 heavy (non-hydrogen) atoms. The Labute approximate surface area is 124 Å². The molecule has 122 valence electrons. The van der Waals surface area contributed by atoms with Crippen LogP contribution < -0.4 is 0 Å². The van der Waals surface area contributed by atoms with E-state index >= 15 is 0 Å². The van der Waals surface area contributed by atoms with E-state index in [0.717, 1.165) is 18.8 Å². The molecule has 0 bridgehead atoms. The van der Waals surface area contributed by atoms with E-state index in [1.807, 2.05) is 0 Å². The summed E-state index contributed by atoms with van der Waals surface area (Å²) in [6.45, 7) is 4.46. The van der Waals surface area contributed by atoms with Crippen molar-refractivity contribution < 1.29 is 15.4 Å². The fraction of sp³-hybridized carbons (Fsp3) is 1.00. The maximum atomic E-state index is 10.5. The van der Waals surface area contributed by atoms with Crippen molar-refractivity contribution in [2.45, 2.75) is 90.9 Å². The average molecular weight is 289 g/mol. The number of nitrogens with zero attached hydrogens (tertiary/aromatic N) is 1. The lowest BCUT2D eigenvalue weighted by Gasteiger charge is -2.23. The highest BCUT2D eigenvalue weighted by Gasteiger charge is 2.07. The van der Waals surface area contributed by atoms with Gasteiger partial charge in [-0.25, -0.2) is 0 Å². The molecule has 0 aliphatic carbocycles. The van der Waals surface area contributed by atoms with E-state index in [-0.39, 0.29) is 6.54 Å². The fourth-order valence-corrected chi connectivity index (χ4v) is 2.69. The van der Waals surface area contributed by atoms with Crippen molar-refractivity contribution in [3.05, 3.63) is 5.21 Å². The van der Waals surface area contributed by atoms with Crippen LogP contribution in [0.1, 0.15) is 90.9 Å². The van der Waals surface area contributed by atoms with Gasteiger partial charge in [0, 0.05) is 6.42 Å². The summed E-state index contributed by atoms with van der Waals surface area (Å²) in [7, 11) is 0. The van der Waals surface area contributed by atoms with E-state index in [9.17, 15) is 5.21 Å². The lowest BCUT2D eigenvalue weighted by molar-refractivity contribution is -1.21. The van der Waals surface area contributed by atoms with E-state index in [2.05, 4.69) is 13.8 Å². The van der Waals surface area contributed by atoms with E-state index in [4.69, 9.17) is 10.4 Å². The Morgan fingerprint density at radius 3 is 1.55 bits per heavy atom. The quantitative estimate of drug-likeness (QED) is 0.255. The van der Waals surface area contributed by atoms with Gasteiger partial charge in [0.1, 0.15) is 6.54 Å². The molecule has 0 aliphatic rings. The van der Waals surface area contributed by atoms with Gasteiger partial charge in [-0.05, 0) is 12.3 Å². The zero-order chi connectivity index (χ0) is 15.3. The molecule has 0 rings (SSSR count). The summed E-state index contributed by atoms with van der Waals surface area (Å²) in [5, 5.41) is 27.6. The molecule has 0 aliphatic heterocycles. The molecule has 0 atom stereocenters. The number of hydrogen-bond donors (Lipinski definition) is 2. The smallest absolute Gasteiger partial charge is 0.142 e. The minimum atomic E-state index is -2.13. The molecule has 2 N–H and O–H groups in total. The van der Waals surface area contributed by atoms with Gasteiger partial charge in [-0.2, -0.15) is 10.4 Å². The van der Waals surface area contributed by atoms with Crippen LogP contribution in [0, 0.1) is 11.1 Å². The summed E-state index contributed by atoms with van der Waals surface area (Å²) in [4.78, 5) is -2.13. The third-order valence-corrected chi connectivity index (χ3v) is 4.22. The molecule has 0 amide bonds. The van der Waals surface area contributed by atoms with Gasteiger partial charge < -0.3 is 5.21 Å². The highest BCUT2D eigenvalue weighted by Crippen LogP contribution is 2.18. The largest absolute Gasteiger partial charge is 0.564 e. The van der Waals surface area contributed by atoms with Gasteiger partial charge in [0.15, 0.2) is 0 Å². The zero-order valence-electron chi connectivity index (χ0n) is 13.5. The van der Waals surface area contributed by atoms with Crippen LogP contribution in [0.5, 0.6) is 0 Å². The molecule has 0 aromatic rings. The monoisotopic (exact) mass is 289 g/mol. The summed E-state index contributed by atoms with van der Waals surface area (Å²) in [6.07, 6.45) is 14.5. The first kappa shape index (κ1) is 19.8. The molecule has 0 radical (unpaired) electrons. The lowest BCUT2D eigenvalue weighted by Crippen LogP contribution is -2.34. The number of hydroxylamine groups is 3. The van der Waals surface area contributed by atoms with Gasteiger partial charge in [-0.3, -0.25) is 0 Å². The fourth-order valence-electron chi connectivity index (χ4n) is 2.69. The van der Waals surface area contributed by atoms with Gasteiger partial charge in [-0.1, -0.05) is 83.0 Å². The van der Waals surface area contributed by atoms with Crippen LogP contribution >= 0.6 is 0 Å². The van der Waals surface area contributed by atoms with E-state index in [1.54, 1.807) is 0 Å². The maximum absolute atomic E-state index is 10.5. The van der Waals surface area contributed by atoms with Crippen LogP contribution in [0.15, 0.2) is 0 Å². The van der Waals surface area contributed by atoms with Crippen LogP contribution in [-0.4, -0.2) is 21.9 Å². The summed E-state index contributed by atoms with van der Waals surface area (Å²) in [6, 6.07) is 0. The maximum Gasteiger partial charge on any atom is 0.142 e. The van der Waals surface area contributed by atoms with Gasteiger partial charge >= 0.3 is 0 Å². The second-order valence-corrected chi connectivity index (χ2v) is 6.04. The third-order valence-electron chi connectivity index (χ3n) is 4.22. The number of unbranched alkanes of at least 4 members (excludes halogenated alkanes) is 8. The SMILES string of the molecule is CCC(CC)CCCCCCCCCCC[N+]([O-])(O)O. The normalized spacial score (nSPS) is 12.3. The highest BCUT2D eigenvalue weighted by molar-refractivity contribution is 4.55. The Morgan fingerprint density at radius 2 is 1.15 bits per heavy atom. The minimum Gasteiger partial charge on any atom is -0.564 e. The highest BCUT2D eigenvalue weighted by atomic mass is 17.1. The Kier molecular flexibility index (Phi) is 12.5. The summed E-state index contributed by atoms with van der Waals surface area (Å²) < 4.78 is 0. The molecule has 0 saturated carbocycles. The molecule has 0 saturated heterocycles. The molecule has 0 aromatic carbocycles. The lowest BCUT2D eigenvalue weighted by atomic mass is 9.95. The molecule has 0 heterocycles. The van der Waals surface area contributed by atoms with Crippen molar-refractivity contribution >= 4 is 0 Å². The first-order valence-electron chi connectivity index (χ1n) is 8.54. The number of rotatable bonds is 14. The second kappa shape index (κ2) is 12.6. The van der Waals surface area contributed by atoms with Crippen molar-refractivity contribution in [3.63, 3.8) is 0 Å². The first-order valence-corrected chi connectivity index (χ1v) is 8.54. The van der Waals surface area contributed by atoms with Crippen LogP contribution in [-0.2, 0) is 0 Å². The van der Waals surface area contributed by atoms with Crippen molar-refractivity contribution in [3.8, 4) is 0 Å². The molecule has 0 unspecified atom stereocenters. The van der Waals surface area contributed by atoms with Gasteiger partial charge in [0.05, 0.1) is 0 Å². The summed E-state index contributed by atoms with van der Waals surface area (Å²) in [5.74, 6) is 0.930. The second-order valence-electron chi connectivity index (χ2n) is 6.04. The molecule has 4 nitrogen and oxygen atoms in total. The molecule has 4 heteroatoms. The van der Waals surface area contributed by atoms with Crippen LogP contribution in [0.4, 0.5) is 0 Å². The predicted molar refractivity (Wildman–Crippen MR) is 82.3 cm³/mol. The van der Waals surface area contributed by atoms with Crippen molar-refractivity contribution in [2.75, 3.05) is 6.54 Å². The molecule has 0 spiro atoms. The van der Waals surface area contributed by atoms with E-state index < -0.39 is 4.97 Å². The van der Waals surface area contributed by atoms with Crippen molar-refractivity contribution in [1.29, 1.82) is 0 Å². The molecule has 0 fully saturated rings. The minimum absolute atomic E-state index is 0.115. The topological polar surface area (TPSA) is 63.5 Å². The van der Waals surface area contributed by atoms with Crippen LogP contribution in [0.2, 0.25) is 0 Å². The third kappa shape index (κ3) is 14.3. The van der Waals surface area contributed by atoms with E-state index in [0.29, 0.717) is 6.42 Å². The van der Waals surface area contributed by atoms with Crippen LogP contribution in [0.25, 0.3) is 0 Å². The molecular weight excluding hydrogens is 254 g/mol. The van der Waals surface area contributed by atoms with Gasteiger partial charge in [0.25, 0.3) is 0 Å². The molecular formula is C16H35NO3. The van der Waals surface area contributed by atoms with E-state index in [1.165, 1.54) is 57.8 Å². The number of quaternary nitrogens is 1. The predicted octanol–water partition coefficient (Wildman–Crippen LogP) is 5.42.